The molecule has 0 aliphatic rings. The number of aromatic nitrogens is 4. The summed E-state index contributed by atoms with van der Waals surface area (Å²) in [7, 11) is 3.00. The number of methoxy groups -OCH3 is 2. The van der Waals surface area contributed by atoms with E-state index in [1.807, 2.05) is 30.3 Å². The molecule has 2 aromatic carbocycles. The summed E-state index contributed by atoms with van der Waals surface area (Å²) in [5.41, 5.74) is 0.709. The third-order valence-electron chi connectivity index (χ3n) is 4.26. The average Bonchev–Trinajstić information content (AvgIpc) is 3.18. The largest absolute Gasteiger partial charge is 0.493 e. The smallest absolute Gasteiger partial charge is 0.256 e. The number of carbonyl (C=O) groups is 1. The van der Waals surface area contributed by atoms with E-state index in [2.05, 4.69) is 20.4 Å². The van der Waals surface area contributed by atoms with Gasteiger partial charge in [-0.1, -0.05) is 30.3 Å². The summed E-state index contributed by atoms with van der Waals surface area (Å²) in [6, 6.07) is 15.3. The van der Waals surface area contributed by atoms with Crippen LogP contribution in [0.3, 0.4) is 0 Å². The van der Waals surface area contributed by atoms with Crippen LogP contribution in [0.4, 0.5) is 5.82 Å². The van der Waals surface area contributed by atoms with Crippen LogP contribution in [0.2, 0.25) is 0 Å². The molecule has 2 heterocycles. The number of hydrogen-bond acceptors (Lipinski definition) is 6. The number of amides is 1. The van der Waals surface area contributed by atoms with E-state index in [1.165, 1.54) is 24.8 Å². The number of rotatable bonds is 5. The van der Waals surface area contributed by atoms with Crippen molar-refractivity contribution < 1.29 is 14.3 Å². The average molecular weight is 391 g/mol. The number of anilines is 1. The Kier molecular flexibility index (Phi) is 4.70. The predicted octanol–water partition coefficient (Wildman–Crippen LogP) is 2.35. The fourth-order valence-electron chi connectivity index (χ4n) is 2.86. The highest BCUT2D eigenvalue weighted by Gasteiger charge is 2.15. The number of fused-ring (bicyclic) bond motifs is 1. The first kappa shape index (κ1) is 18.2. The van der Waals surface area contributed by atoms with Crippen LogP contribution in [0.5, 0.6) is 11.5 Å². The lowest BCUT2D eigenvalue weighted by Gasteiger charge is -2.10. The van der Waals surface area contributed by atoms with Crippen molar-refractivity contribution in [2.24, 2.45) is 0 Å². The monoisotopic (exact) mass is 391 g/mol. The molecule has 0 aliphatic carbocycles. The lowest BCUT2D eigenvalue weighted by atomic mass is 10.2. The van der Waals surface area contributed by atoms with Gasteiger partial charge >= 0.3 is 0 Å². The molecule has 146 valence electrons. The van der Waals surface area contributed by atoms with Crippen LogP contribution >= 0.6 is 0 Å². The molecule has 0 saturated heterocycles. The molecule has 9 heteroatoms. The zero-order valence-electron chi connectivity index (χ0n) is 15.7. The van der Waals surface area contributed by atoms with Gasteiger partial charge in [0, 0.05) is 17.2 Å². The highest BCUT2D eigenvalue weighted by Crippen LogP contribution is 2.28. The van der Waals surface area contributed by atoms with Gasteiger partial charge in [-0.05, 0) is 18.2 Å². The normalized spacial score (nSPS) is 10.7. The summed E-state index contributed by atoms with van der Waals surface area (Å²) >= 11 is 0. The number of benzene rings is 2. The Bertz CT molecular complexity index is 1250. The molecule has 9 nitrogen and oxygen atoms in total. The Morgan fingerprint density at radius 1 is 1.03 bits per heavy atom. The zero-order chi connectivity index (χ0) is 20.4. The van der Waals surface area contributed by atoms with Gasteiger partial charge in [0.05, 0.1) is 14.2 Å². The quantitative estimate of drug-likeness (QED) is 0.540. The van der Waals surface area contributed by atoms with E-state index in [0.717, 1.165) is 5.56 Å². The highest BCUT2D eigenvalue weighted by molar-refractivity contribution is 6.04. The number of hydrogen-bond donors (Lipinski definition) is 2. The van der Waals surface area contributed by atoms with Crippen LogP contribution < -0.4 is 20.3 Å². The van der Waals surface area contributed by atoms with Crippen molar-refractivity contribution >= 4 is 17.5 Å². The van der Waals surface area contributed by atoms with E-state index in [-0.39, 0.29) is 11.6 Å². The van der Waals surface area contributed by atoms with Crippen LogP contribution in [0, 0.1) is 0 Å². The van der Waals surface area contributed by atoms with Gasteiger partial charge in [0.15, 0.2) is 17.3 Å². The lowest BCUT2D eigenvalue weighted by molar-refractivity contribution is 0.102. The van der Waals surface area contributed by atoms with Gasteiger partial charge in [-0.25, -0.2) is 0 Å². The second-order valence-electron chi connectivity index (χ2n) is 6.08. The van der Waals surface area contributed by atoms with Crippen LogP contribution in [-0.4, -0.2) is 39.7 Å². The van der Waals surface area contributed by atoms with Gasteiger partial charge in [0.25, 0.3) is 11.5 Å². The highest BCUT2D eigenvalue weighted by atomic mass is 16.5. The fourth-order valence-corrected chi connectivity index (χ4v) is 2.86. The number of nitrogens with zero attached hydrogens (tertiary/aromatic N) is 3. The zero-order valence-corrected chi connectivity index (χ0v) is 15.7. The van der Waals surface area contributed by atoms with E-state index in [4.69, 9.17) is 9.47 Å². The number of H-pyrrole nitrogens is 1. The number of ether oxygens (including phenoxy) is 2. The summed E-state index contributed by atoms with van der Waals surface area (Å²) in [6.45, 7) is 0. The van der Waals surface area contributed by atoms with Crippen molar-refractivity contribution in [2.45, 2.75) is 0 Å². The molecule has 1 amide bonds. The van der Waals surface area contributed by atoms with Crippen LogP contribution in [0.25, 0.3) is 17.2 Å². The maximum Gasteiger partial charge on any atom is 0.256 e. The van der Waals surface area contributed by atoms with Crippen LogP contribution in [-0.2, 0) is 0 Å². The standard InChI is InChI=1S/C20H17N5O4/c1-28-14-9-8-13(10-15(14)29-2)19(27)21-16-11-17(26)22-20-23-18(24-25(16)20)12-6-4-3-5-7-12/h3-11H,1-2H3,(H,21,27)(H,22,23,24,26). The molecule has 2 N–H and O–H groups in total. The first-order valence-corrected chi connectivity index (χ1v) is 8.68. The van der Waals surface area contributed by atoms with Gasteiger partial charge in [0.1, 0.15) is 5.82 Å². The molecule has 4 aromatic rings. The molecule has 0 fully saturated rings. The van der Waals surface area contributed by atoms with Crippen molar-refractivity contribution in [1.29, 1.82) is 0 Å². The third kappa shape index (κ3) is 3.53. The minimum Gasteiger partial charge on any atom is -0.493 e. The van der Waals surface area contributed by atoms with Crippen LogP contribution in [0.15, 0.2) is 59.4 Å². The van der Waals surface area contributed by atoms with E-state index >= 15 is 0 Å². The number of nitrogens with one attached hydrogen (secondary N) is 2. The van der Waals surface area contributed by atoms with Gasteiger partial charge in [-0.3, -0.25) is 14.6 Å². The topological polar surface area (TPSA) is 111 Å². The van der Waals surface area contributed by atoms with Crippen LogP contribution in [0.1, 0.15) is 10.4 Å². The van der Waals surface area contributed by atoms with Gasteiger partial charge in [-0.2, -0.15) is 9.50 Å². The third-order valence-corrected chi connectivity index (χ3v) is 4.26. The fraction of sp³-hybridized carbons (Fsp3) is 0.100. The molecule has 4 rings (SSSR count). The summed E-state index contributed by atoms with van der Waals surface area (Å²) in [5.74, 6) is 1.33. The SMILES string of the molecule is COc1ccc(C(=O)Nc2cc(=O)[nH]c3nc(-c4ccccc4)nn23)cc1OC. The molecule has 0 bridgehead atoms. The van der Waals surface area contributed by atoms with E-state index < -0.39 is 11.5 Å². The Balaban J connectivity index is 1.71. The molecule has 0 saturated carbocycles. The summed E-state index contributed by atoms with van der Waals surface area (Å²) in [4.78, 5) is 31.7. The van der Waals surface area contributed by atoms with E-state index in [0.29, 0.717) is 22.9 Å². The maximum atomic E-state index is 12.7. The van der Waals surface area contributed by atoms with Crippen molar-refractivity contribution in [3.05, 3.63) is 70.5 Å². The number of carbonyl (C=O) groups excluding carboxylic acids is 1. The Labute approximate surface area is 164 Å². The molecular formula is C20H17N5O4. The second-order valence-corrected chi connectivity index (χ2v) is 6.08. The summed E-state index contributed by atoms with van der Waals surface area (Å²) in [5, 5.41) is 7.11. The molecule has 2 aromatic heterocycles. The molecule has 0 atom stereocenters. The van der Waals surface area contributed by atoms with E-state index in [1.54, 1.807) is 18.2 Å². The Morgan fingerprint density at radius 2 is 1.79 bits per heavy atom. The predicted molar refractivity (Wildman–Crippen MR) is 107 cm³/mol. The second kappa shape index (κ2) is 7.47. The van der Waals surface area contributed by atoms with Crippen molar-refractivity contribution in [3.8, 4) is 22.9 Å². The van der Waals surface area contributed by atoms with Gasteiger partial charge in [-0.15, -0.1) is 5.10 Å². The number of aromatic amines is 1. The minimum atomic E-state index is -0.436. The Hall–Kier alpha value is -4.14. The first-order valence-electron chi connectivity index (χ1n) is 8.68. The molecule has 0 unspecified atom stereocenters. The van der Waals surface area contributed by atoms with Gasteiger partial charge < -0.3 is 14.8 Å². The van der Waals surface area contributed by atoms with Gasteiger partial charge in [0.2, 0.25) is 5.78 Å². The molecular weight excluding hydrogens is 374 g/mol. The molecule has 29 heavy (non-hydrogen) atoms. The summed E-state index contributed by atoms with van der Waals surface area (Å²) in [6.07, 6.45) is 0. The minimum absolute atomic E-state index is 0.193. The molecule has 0 aliphatic heterocycles. The van der Waals surface area contributed by atoms with Crippen molar-refractivity contribution in [1.82, 2.24) is 19.6 Å². The summed E-state index contributed by atoms with van der Waals surface area (Å²) < 4.78 is 11.8. The Morgan fingerprint density at radius 3 is 2.52 bits per heavy atom. The first-order chi connectivity index (χ1) is 14.1. The van der Waals surface area contributed by atoms with E-state index in [9.17, 15) is 9.59 Å². The maximum absolute atomic E-state index is 12.7. The van der Waals surface area contributed by atoms with Crippen molar-refractivity contribution in [3.63, 3.8) is 0 Å². The molecule has 0 spiro atoms. The molecule has 0 radical (unpaired) electrons. The lowest BCUT2D eigenvalue weighted by Crippen LogP contribution is -2.18. The van der Waals surface area contributed by atoms with Crippen molar-refractivity contribution in [2.75, 3.05) is 19.5 Å².